The van der Waals surface area contributed by atoms with Gasteiger partial charge in [0.15, 0.2) is 0 Å². The highest BCUT2D eigenvalue weighted by molar-refractivity contribution is 5.77. The van der Waals surface area contributed by atoms with E-state index in [4.69, 9.17) is 4.74 Å². The number of aliphatic hydroxyl groups excluding tert-OH is 1. The first-order valence-corrected chi connectivity index (χ1v) is 5.75. The summed E-state index contributed by atoms with van der Waals surface area (Å²) in [4.78, 5) is 13.5. The maximum atomic E-state index is 11.9. The van der Waals surface area contributed by atoms with Crippen LogP contribution in [0.4, 0.5) is 0 Å². The Morgan fingerprint density at radius 3 is 2.12 bits per heavy atom. The van der Waals surface area contributed by atoms with Crippen molar-refractivity contribution in [3.05, 3.63) is 0 Å². The minimum atomic E-state index is -0.513. The minimum absolute atomic E-state index is 0.0639. The molecule has 4 nitrogen and oxygen atoms in total. The number of carbonyl (C=O) groups is 1. The van der Waals surface area contributed by atoms with Gasteiger partial charge in [-0.3, -0.25) is 4.79 Å². The van der Waals surface area contributed by atoms with Gasteiger partial charge in [-0.15, -0.1) is 0 Å². The van der Waals surface area contributed by atoms with Crippen molar-refractivity contribution in [3.8, 4) is 0 Å². The van der Waals surface area contributed by atoms with Crippen molar-refractivity contribution in [2.45, 2.75) is 59.3 Å². The SMILES string of the molecule is CC(O)CN(C(=O)COC(C)(C)C)C(C)C. The van der Waals surface area contributed by atoms with Crippen LogP contribution in [0.25, 0.3) is 0 Å². The molecule has 0 saturated carbocycles. The second-order valence-corrected chi connectivity index (χ2v) is 5.39. The van der Waals surface area contributed by atoms with Crippen molar-refractivity contribution in [2.75, 3.05) is 13.2 Å². The zero-order valence-electron chi connectivity index (χ0n) is 11.3. The van der Waals surface area contributed by atoms with Crippen LogP contribution in [0.5, 0.6) is 0 Å². The molecule has 0 aliphatic carbocycles. The summed E-state index contributed by atoms with van der Waals surface area (Å²) in [5.41, 5.74) is -0.316. The maximum Gasteiger partial charge on any atom is 0.248 e. The molecule has 0 aromatic rings. The van der Waals surface area contributed by atoms with Gasteiger partial charge >= 0.3 is 0 Å². The number of aliphatic hydroxyl groups is 1. The van der Waals surface area contributed by atoms with Crippen LogP contribution in [0.1, 0.15) is 41.5 Å². The number of rotatable bonds is 5. The van der Waals surface area contributed by atoms with Crippen molar-refractivity contribution in [1.29, 1.82) is 0 Å². The predicted octanol–water partition coefficient (Wildman–Crippen LogP) is 1.42. The molecule has 1 atom stereocenters. The monoisotopic (exact) mass is 231 g/mol. The molecule has 0 radical (unpaired) electrons. The van der Waals surface area contributed by atoms with Gasteiger partial charge in [-0.2, -0.15) is 0 Å². The lowest BCUT2D eigenvalue weighted by Crippen LogP contribution is -2.44. The molecule has 1 unspecified atom stereocenters. The van der Waals surface area contributed by atoms with E-state index in [-0.39, 0.29) is 24.2 Å². The van der Waals surface area contributed by atoms with E-state index in [0.717, 1.165) is 0 Å². The van der Waals surface area contributed by atoms with E-state index in [9.17, 15) is 9.90 Å². The van der Waals surface area contributed by atoms with Crippen LogP contribution in [-0.2, 0) is 9.53 Å². The first-order chi connectivity index (χ1) is 7.13. The van der Waals surface area contributed by atoms with Crippen molar-refractivity contribution >= 4 is 5.91 Å². The molecule has 16 heavy (non-hydrogen) atoms. The van der Waals surface area contributed by atoms with E-state index in [2.05, 4.69) is 0 Å². The van der Waals surface area contributed by atoms with E-state index in [0.29, 0.717) is 6.54 Å². The smallest absolute Gasteiger partial charge is 0.248 e. The van der Waals surface area contributed by atoms with Gasteiger partial charge < -0.3 is 14.7 Å². The van der Waals surface area contributed by atoms with Crippen molar-refractivity contribution in [1.82, 2.24) is 4.90 Å². The molecular weight excluding hydrogens is 206 g/mol. The highest BCUT2D eigenvalue weighted by Gasteiger charge is 2.21. The van der Waals surface area contributed by atoms with E-state index in [1.54, 1.807) is 11.8 Å². The Hall–Kier alpha value is -0.610. The van der Waals surface area contributed by atoms with Gasteiger partial charge in [-0.25, -0.2) is 0 Å². The quantitative estimate of drug-likeness (QED) is 0.778. The fraction of sp³-hybridized carbons (Fsp3) is 0.917. The summed E-state index contributed by atoms with van der Waals surface area (Å²) in [5, 5.41) is 9.31. The molecule has 0 rings (SSSR count). The predicted molar refractivity (Wildman–Crippen MR) is 64.2 cm³/mol. The molecule has 4 heteroatoms. The summed E-state index contributed by atoms with van der Waals surface area (Å²) in [6.45, 7) is 11.7. The highest BCUT2D eigenvalue weighted by Crippen LogP contribution is 2.08. The normalized spacial score (nSPS) is 14.0. The lowest BCUT2D eigenvalue weighted by Gasteiger charge is -2.29. The molecule has 0 bridgehead atoms. The van der Waals surface area contributed by atoms with Gasteiger partial charge in [0.05, 0.1) is 11.7 Å². The second kappa shape index (κ2) is 6.21. The van der Waals surface area contributed by atoms with Gasteiger partial charge in [0.1, 0.15) is 6.61 Å². The van der Waals surface area contributed by atoms with Crippen molar-refractivity contribution in [3.63, 3.8) is 0 Å². The van der Waals surface area contributed by atoms with Gasteiger partial charge in [0.25, 0.3) is 0 Å². The summed E-state index contributed by atoms with van der Waals surface area (Å²) in [7, 11) is 0. The lowest BCUT2D eigenvalue weighted by atomic mass is 10.2. The third-order valence-corrected chi connectivity index (χ3v) is 2.03. The molecule has 0 aliphatic rings. The van der Waals surface area contributed by atoms with E-state index in [1.807, 2.05) is 34.6 Å². The number of nitrogens with zero attached hydrogens (tertiary/aromatic N) is 1. The molecule has 0 saturated heterocycles. The molecule has 0 aliphatic heterocycles. The number of hydrogen-bond acceptors (Lipinski definition) is 3. The summed E-state index contributed by atoms with van der Waals surface area (Å²) in [6.07, 6.45) is -0.513. The van der Waals surface area contributed by atoms with Crippen LogP contribution in [0.2, 0.25) is 0 Å². The molecule has 1 N–H and O–H groups in total. The van der Waals surface area contributed by atoms with Crippen molar-refractivity contribution < 1.29 is 14.6 Å². The maximum absolute atomic E-state index is 11.9. The largest absolute Gasteiger partial charge is 0.392 e. The first kappa shape index (κ1) is 15.4. The fourth-order valence-electron chi connectivity index (χ4n) is 1.25. The summed E-state index contributed by atoms with van der Waals surface area (Å²) in [6, 6.07) is 0.0747. The Balaban J connectivity index is 4.29. The summed E-state index contributed by atoms with van der Waals surface area (Å²) < 4.78 is 5.43. The minimum Gasteiger partial charge on any atom is -0.392 e. The first-order valence-electron chi connectivity index (χ1n) is 5.75. The molecule has 0 heterocycles. The van der Waals surface area contributed by atoms with Crippen LogP contribution < -0.4 is 0 Å². The molecular formula is C12H25NO3. The second-order valence-electron chi connectivity index (χ2n) is 5.39. The Morgan fingerprint density at radius 2 is 1.81 bits per heavy atom. The van der Waals surface area contributed by atoms with Gasteiger partial charge in [0, 0.05) is 12.6 Å². The lowest BCUT2D eigenvalue weighted by molar-refractivity contribution is -0.144. The number of ether oxygens (including phenoxy) is 1. The third kappa shape index (κ3) is 6.80. The van der Waals surface area contributed by atoms with Gasteiger partial charge in [0.2, 0.25) is 5.91 Å². The Labute approximate surface area is 98.6 Å². The molecule has 0 spiro atoms. The molecule has 96 valence electrons. The average molecular weight is 231 g/mol. The number of carbonyl (C=O) groups excluding carboxylic acids is 1. The van der Waals surface area contributed by atoms with E-state index >= 15 is 0 Å². The van der Waals surface area contributed by atoms with Crippen molar-refractivity contribution in [2.24, 2.45) is 0 Å². The van der Waals surface area contributed by atoms with Crippen LogP contribution in [0, 0.1) is 0 Å². The Bertz CT molecular complexity index is 219. The zero-order chi connectivity index (χ0) is 12.9. The Morgan fingerprint density at radius 1 is 1.31 bits per heavy atom. The van der Waals surface area contributed by atoms with Crippen LogP contribution in [-0.4, -0.2) is 46.8 Å². The fourth-order valence-corrected chi connectivity index (χ4v) is 1.25. The standard InChI is InChI=1S/C12H25NO3/c1-9(2)13(7-10(3)14)11(15)8-16-12(4,5)6/h9-10,14H,7-8H2,1-6H3. The molecule has 1 amide bonds. The van der Waals surface area contributed by atoms with E-state index < -0.39 is 6.10 Å². The van der Waals surface area contributed by atoms with Crippen LogP contribution >= 0.6 is 0 Å². The highest BCUT2D eigenvalue weighted by atomic mass is 16.5. The van der Waals surface area contributed by atoms with Gasteiger partial charge in [-0.1, -0.05) is 0 Å². The van der Waals surface area contributed by atoms with Gasteiger partial charge in [-0.05, 0) is 41.5 Å². The van der Waals surface area contributed by atoms with E-state index in [1.165, 1.54) is 0 Å². The topological polar surface area (TPSA) is 49.8 Å². The zero-order valence-corrected chi connectivity index (χ0v) is 11.3. The molecule has 0 aromatic heterocycles. The molecule has 0 aromatic carbocycles. The molecule has 0 fully saturated rings. The van der Waals surface area contributed by atoms with Crippen LogP contribution in [0.15, 0.2) is 0 Å². The third-order valence-electron chi connectivity index (χ3n) is 2.03. The van der Waals surface area contributed by atoms with Crippen LogP contribution in [0.3, 0.4) is 0 Å². The summed E-state index contributed by atoms with van der Waals surface area (Å²) in [5.74, 6) is -0.0779. The summed E-state index contributed by atoms with van der Waals surface area (Å²) >= 11 is 0. The number of hydrogen-bond donors (Lipinski definition) is 1. The Kier molecular flexibility index (Phi) is 5.97. The average Bonchev–Trinajstić information content (AvgIpc) is 2.08. The number of amides is 1.